The Hall–Kier alpha value is -2.46. The minimum absolute atomic E-state index is 0.0175. The van der Waals surface area contributed by atoms with Gasteiger partial charge in [-0.2, -0.15) is 4.39 Å². The van der Waals surface area contributed by atoms with Crippen molar-refractivity contribution in [2.75, 3.05) is 7.11 Å². The fourth-order valence-corrected chi connectivity index (χ4v) is 2.71. The maximum absolute atomic E-state index is 13.7. The van der Waals surface area contributed by atoms with Crippen molar-refractivity contribution in [2.24, 2.45) is 0 Å². The third-order valence-electron chi connectivity index (χ3n) is 3.50. The zero-order valence-corrected chi connectivity index (χ0v) is 12.9. The Balaban J connectivity index is 2.24. The topological polar surface area (TPSA) is 22.1 Å². The summed E-state index contributed by atoms with van der Waals surface area (Å²) in [7, 11) is 1.51. The van der Waals surface area contributed by atoms with E-state index in [1.807, 2.05) is 0 Å². The molecule has 0 N–H and O–H groups in total. The van der Waals surface area contributed by atoms with Crippen molar-refractivity contribution < 1.29 is 13.5 Å². The van der Waals surface area contributed by atoms with Gasteiger partial charge in [-0.1, -0.05) is 41.9 Å². The number of para-hydroxylation sites is 1. The molecule has 0 amide bonds. The zero-order valence-electron chi connectivity index (χ0n) is 12.2. The highest BCUT2D eigenvalue weighted by Gasteiger charge is 2.16. The van der Waals surface area contributed by atoms with E-state index in [-0.39, 0.29) is 5.02 Å². The molecule has 2 nitrogen and oxygen atoms in total. The van der Waals surface area contributed by atoms with Gasteiger partial charge in [-0.25, -0.2) is 9.37 Å². The molecule has 2 aromatic carbocycles. The molecular weight excluding hydrogens is 320 g/mol. The molecule has 0 radical (unpaired) electrons. The van der Waals surface area contributed by atoms with Gasteiger partial charge in [0.1, 0.15) is 11.6 Å². The Morgan fingerprint density at radius 1 is 0.957 bits per heavy atom. The Labute approximate surface area is 137 Å². The van der Waals surface area contributed by atoms with Gasteiger partial charge in [-0.3, -0.25) is 0 Å². The molecule has 3 aromatic rings. The molecule has 116 valence electrons. The average molecular weight is 332 g/mol. The maximum Gasteiger partial charge on any atom is 0.213 e. The number of hydrogen-bond donors (Lipinski definition) is 0. The van der Waals surface area contributed by atoms with E-state index in [1.165, 1.54) is 25.4 Å². The molecule has 1 aromatic heterocycles. The van der Waals surface area contributed by atoms with Crippen LogP contribution in [0.1, 0.15) is 0 Å². The number of pyridine rings is 1. The van der Waals surface area contributed by atoms with Gasteiger partial charge in [0.15, 0.2) is 0 Å². The molecule has 0 saturated carbocycles. The van der Waals surface area contributed by atoms with Gasteiger partial charge in [0, 0.05) is 29.0 Å². The average Bonchev–Trinajstić information content (AvgIpc) is 2.56. The number of nitrogens with zero attached hydrogens (tertiary/aromatic N) is 1. The quantitative estimate of drug-likeness (QED) is 0.603. The summed E-state index contributed by atoms with van der Waals surface area (Å²) < 4.78 is 32.6. The van der Waals surface area contributed by atoms with Crippen LogP contribution in [-0.4, -0.2) is 12.1 Å². The predicted octanol–water partition coefficient (Wildman–Crippen LogP) is 5.36. The lowest BCUT2D eigenvalue weighted by atomic mass is 9.97. The fourth-order valence-electron chi connectivity index (χ4n) is 2.48. The molecule has 3 rings (SSSR count). The van der Waals surface area contributed by atoms with Gasteiger partial charge in [0.05, 0.1) is 12.1 Å². The van der Waals surface area contributed by atoms with E-state index in [9.17, 15) is 8.78 Å². The third kappa shape index (κ3) is 2.90. The van der Waals surface area contributed by atoms with Crippen LogP contribution in [0.2, 0.25) is 5.02 Å². The Morgan fingerprint density at radius 3 is 2.39 bits per heavy atom. The number of benzene rings is 2. The molecule has 5 heteroatoms. The normalized spacial score (nSPS) is 10.6. The molecule has 0 saturated heterocycles. The lowest BCUT2D eigenvalue weighted by Crippen LogP contribution is -1.94. The molecule has 0 unspecified atom stereocenters. The van der Waals surface area contributed by atoms with Crippen LogP contribution in [0.25, 0.3) is 22.3 Å². The minimum Gasteiger partial charge on any atom is -0.495 e. The molecule has 0 aliphatic heterocycles. The number of rotatable bonds is 3. The van der Waals surface area contributed by atoms with Crippen molar-refractivity contribution in [1.29, 1.82) is 0 Å². The van der Waals surface area contributed by atoms with Crippen LogP contribution >= 0.6 is 11.6 Å². The van der Waals surface area contributed by atoms with Crippen LogP contribution in [0.3, 0.4) is 0 Å². The number of halogens is 3. The first-order chi connectivity index (χ1) is 11.1. The number of aromatic nitrogens is 1. The van der Waals surface area contributed by atoms with E-state index >= 15 is 0 Å². The first kappa shape index (κ1) is 15.4. The zero-order chi connectivity index (χ0) is 16.4. The summed E-state index contributed by atoms with van der Waals surface area (Å²) in [4.78, 5) is 3.55. The largest absolute Gasteiger partial charge is 0.495 e. The van der Waals surface area contributed by atoms with E-state index in [2.05, 4.69) is 4.98 Å². The van der Waals surface area contributed by atoms with Crippen molar-refractivity contribution in [2.45, 2.75) is 0 Å². The molecule has 0 fully saturated rings. The van der Waals surface area contributed by atoms with Gasteiger partial charge in [0.25, 0.3) is 0 Å². The van der Waals surface area contributed by atoms with Crippen LogP contribution in [-0.2, 0) is 0 Å². The smallest absolute Gasteiger partial charge is 0.213 e. The van der Waals surface area contributed by atoms with Crippen LogP contribution < -0.4 is 4.74 Å². The molecule has 23 heavy (non-hydrogen) atoms. The molecule has 0 atom stereocenters. The highest BCUT2D eigenvalue weighted by Crippen LogP contribution is 2.41. The van der Waals surface area contributed by atoms with Crippen molar-refractivity contribution in [3.63, 3.8) is 0 Å². The highest BCUT2D eigenvalue weighted by molar-refractivity contribution is 6.33. The first-order valence-corrected chi connectivity index (χ1v) is 7.23. The number of ether oxygens (including phenoxy) is 1. The van der Waals surface area contributed by atoms with Crippen molar-refractivity contribution >= 4 is 11.6 Å². The maximum atomic E-state index is 13.7. The van der Waals surface area contributed by atoms with E-state index < -0.39 is 11.8 Å². The second-order valence-electron chi connectivity index (χ2n) is 4.86. The summed E-state index contributed by atoms with van der Waals surface area (Å²) in [5, 5.41) is 0.0175. The molecule has 0 spiro atoms. The van der Waals surface area contributed by atoms with Gasteiger partial charge in [-0.15, -0.1) is 0 Å². The van der Waals surface area contributed by atoms with Crippen LogP contribution in [0.4, 0.5) is 8.78 Å². The molecular formula is C18H12ClF2NO. The van der Waals surface area contributed by atoms with Crippen molar-refractivity contribution in [3.05, 3.63) is 71.5 Å². The highest BCUT2D eigenvalue weighted by atomic mass is 35.5. The summed E-state index contributed by atoms with van der Waals surface area (Å²) in [6, 6.07) is 12.9. The van der Waals surface area contributed by atoms with Crippen LogP contribution in [0.5, 0.6) is 5.75 Å². The lowest BCUT2D eigenvalue weighted by molar-refractivity contribution is 0.418. The van der Waals surface area contributed by atoms with E-state index in [0.717, 1.165) is 0 Å². The van der Waals surface area contributed by atoms with E-state index in [0.29, 0.717) is 28.0 Å². The third-order valence-corrected chi connectivity index (χ3v) is 3.88. The van der Waals surface area contributed by atoms with E-state index in [1.54, 1.807) is 36.4 Å². The molecule has 0 aliphatic rings. The minimum atomic E-state index is -0.584. The monoisotopic (exact) mass is 331 g/mol. The Bertz CT molecular complexity index is 867. The fraction of sp³-hybridized carbons (Fsp3) is 0.0556. The molecule has 0 bridgehead atoms. The lowest BCUT2D eigenvalue weighted by Gasteiger charge is -2.15. The van der Waals surface area contributed by atoms with Crippen LogP contribution in [0.15, 0.2) is 54.7 Å². The van der Waals surface area contributed by atoms with Gasteiger partial charge in [-0.05, 0) is 17.7 Å². The van der Waals surface area contributed by atoms with Gasteiger partial charge < -0.3 is 4.74 Å². The summed E-state index contributed by atoms with van der Waals surface area (Å²) in [6.07, 6.45) is 1.38. The van der Waals surface area contributed by atoms with E-state index in [4.69, 9.17) is 16.3 Å². The SMILES string of the molecule is COc1c(-c2ccnc(F)c2)cccc1-c1cccc(F)c1Cl. The van der Waals surface area contributed by atoms with Crippen molar-refractivity contribution in [3.8, 4) is 28.0 Å². The second kappa shape index (κ2) is 6.34. The number of methoxy groups -OCH3 is 1. The molecule has 0 aliphatic carbocycles. The van der Waals surface area contributed by atoms with Gasteiger partial charge >= 0.3 is 0 Å². The van der Waals surface area contributed by atoms with Gasteiger partial charge in [0.2, 0.25) is 5.95 Å². The standard InChI is InChI=1S/C18H12ClF2NO/c1-23-18-12(11-8-9-22-16(21)10-11)4-2-6-14(18)13-5-3-7-15(20)17(13)19/h2-10H,1H3. The summed E-state index contributed by atoms with van der Waals surface area (Å²) in [5.41, 5.74) is 2.43. The first-order valence-electron chi connectivity index (χ1n) is 6.85. The number of hydrogen-bond acceptors (Lipinski definition) is 2. The Kier molecular flexibility index (Phi) is 4.26. The van der Waals surface area contributed by atoms with Crippen molar-refractivity contribution in [1.82, 2.24) is 4.98 Å². The summed E-state index contributed by atoms with van der Waals surface area (Å²) in [6.45, 7) is 0. The summed E-state index contributed by atoms with van der Waals surface area (Å²) >= 11 is 6.08. The predicted molar refractivity (Wildman–Crippen MR) is 86.6 cm³/mol. The summed E-state index contributed by atoms with van der Waals surface area (Å²) in [5.74, 6) is -0.601. The van der Waals surface area contributed by atoms with Crippen LogP contribution in [0, 0.1) is 11.8 Å². The Morgan fingerprint density at radius 2 is 1.65 bits per heavy atom. The second-order valence-corrected chi connectivity index (χ2v) is 5.23. The molecule has 1 heterocycles.